The van der Waals surface area contributed by atoms with Gasteiger partial charge in [0, 0.05) is 30.5 Å². The van der Waals surface area contributed by atoms with E-state index in [0.717, 1.165) is 22.4 Å². The van der Waals surface area contributed by atoms with Gasteiger partial charge < -0.3 is 24.4 Å². The van der Waals surface area contributed by atoms with Crippen molar-refractivity contribution in [2.75, 3.05) is 20.3 Å². The lowest BCUT2D eigenvalue weighted by atomic mass is 9.91. The zero-order valence-electron chi connectivity index (χ0n) is 16.2. The number of halogens is 1. The fourth-order valence-electron chi connectivity index (χ4n) is 3.65. The van der Waals surface area contributed by atoms with Crippen molar-refractivity contribution >= 4 is 11.6 Å². The van der Waals surface area contributed by atoms with Crippen molar-refractivity contribution in [1.82, 2.24) is 0 Å². The largest absolute Gasteiger partial charge is 0.494 e. The number of hydrogen-bond donors (Lipinski definition) is 2. The van der Waals surface area contributed by atoms with Crippen molar-refractivity contribution in [2.24, 2.45) is 0 Å². The molecule has 0 bridgehead atoms. The highest BCUT2D eigenvalue weighted by Crippen LogP contribution is 2.40. The molecule has 0 spiro atoms. The van der Waals surface area contributed by atoms with Gasteiger partial charge in [-0.3, -0.25) is 0 Å². The normalized spacial score (nSPS) is 24.9. The van der Waals surface area contributed by atoms with Crippen LogP contribution >= 0.6 is 11.6 Å². The third-order valence-corrected chi connectivity index (χ3v) is 5.41. The van der Waals surface area contributed by atoms with E-state index in [1.807, 2.05) is 49.4 Å². The average molecular weight is 407 g/mol. The Morgan fingerprint density at radius 3 is 2.61 bits per heavy atom. The van der Waals surface area contributed by atoms with E-state index in [4.69, 9.17) is 25.8 Å². The molecule has 1 heterocycles. The van der Waals surface area contributed by atoms with Crippen LogP contribution in [-0.2, 0) is 21.7 Å². The van der Waals surface area contributed by atoms with Crippen molar-refractivity contribution in [3.63, 3.8) is 0 Å². The van der Waals surface area contributed by atoms with E-state index in [0.29, 0.717) is 30.9 Å². The smallest absolute Gasteiger partial charge is 0.197 e. The van der Waals surface area contributed by atoms with Crippen LogP contribution in [-0.4, -0.2) is 42.7 Å². The van der Waals surface area contributed by atoms with E-state index in [1.54, 1.807) is 7.11 Å². The highest BCUT2D eigenvalue weighted by molar-refractivity contribution is 6.31. The zero-order chi connectivity index (χ0) is 20.1. The van der Waals surface area contributed by atoms with Crippen LogP contribution in [0, 0.1) is 0 Å². The quantitative estimate of drug-likeness (QED) is 0.734. The summed E-state index contributed by atoms with van der Waals surface area (Å²) in [5.41, 5.74) is 2.81. The molecule has 1 aliphatic heterocycles. The summed E-state index contributed by atoms with van der Waals surface area (Å²) in [6.45, 7) is 2.41. The van der Waals surface area contributed by atoms with E-state index < -0.39 is 18.0 Å². The molecule has 1 fully saturated rings. The van der Waals surface area contributed by atoms with Crippen molar-refractivity contribution in [1.29, 1.82) is 0 Å². The minimum absolute atomic E-state index is 0.172. The molecule has 28 heavy (non-hydrogen) atoms. The summed E-state index contributed by atoms with van der Waals surface area (Å²) in [6.07, 6.45) is 0.230. The number of aliphatic hydroxyl groups is 2. The molecule has 2 N–H and O–H groups in total. The molecule has 1 saturated heterocycles. The first-order valence-corrected chi connectivity index (χ1v) is 9.90. The lowest BCUT2D eigenvalue weighted by Crippen LogP contribution is -2.46. The molecule has 152 valence electrons. The van der Waals surface area contributed by atoms with E-state index in [-0.39, 0.29) is 6.61 Å². The molecule has 1 aliphatic rings. The van der Waals surface area contributed by atoms with Gasteiger partial charge in [0.2, 0.25) is 0 Å². The Hall–Kier alpha value is -1.63. The molecule has 2 aromatic rings. The molecule has 6 heteroatoms. The standard InChI is InChI=1S/C22H27ClO5/c1-3-27-19-7-4-15(5-8-19)10-16-11-17(6-9-21(16)23)22(26-2)13-18(25)12-20(14-24)28-22/h4-9,11,18,20,24-25H,3,10,12-14H2,1-2H3. The molecule has 0 aliphatic carbocycles. The van der Waals surface area contributed by atoms with Gasteiger partial charge in [0.25, 0.3) is 0 Å². The van der Waals surface area contributed by atoms with E-state index in [2.05, 4.69) is 0 Å². The third kappa shape index (κ3) is 4.67. The number of rotatable bonds is 7. The average Bonchev–Trinajstić information content (AvgIpc) is 2.70. The molecule has 0 radical (unpaired) electrons. The summed E-state index contributed by atoms with van der Waals surface area (Å²) in [5.74, 6) is -0.271. The molecule has 0 aromatic heterocycles. The first-order valence-electron chi connectivity index (χ1n) is 9.52. The Balaban J connectivity index is 1.87. The van der Waals surface area contributed by atoms with Crippen LogP contribution in [0.4, 0.5) is 0 Å². The predicted octanol–water partition coefficient (Wildman–Crippen LogP) is 3.66. The summed E-state index contributed by atoms with van der Waals surface area (Å²) < 4.78 is 17.2. The SMILES string of the molecule is CCOc1ccc(Cc2cc(C3(OC)CC(O)CC(CO)O3)ccc2Cl)cc1. The monoisotopic (exact) mass is 406 g/mol. The maximum absolute atomic E-state index is 10.3. The molecule has 3 unspecified atom stereocenters. The lowest BCUT2D eigenvalue weighted by Gasteiger charge is -2.42. The van der Waals surface area contributed by atoms with Gasteiger partial charge in [0.1, 0.15) is 5.75 Å². The second-order valence-corrected chi connectivity index (χ2v) is 7.44. The molecule has 5 nitrogen and oxygen atoms in total. The Bertz CT molecular complexity index is 779. The van der Waals surface area contributed by atoms with Crippen LogP contribution < -0.4 is 4.74 Å². The fourth-order valence-corrected chi connectivity index (χ4v) is 3.83. The van der Waals surface area contributed by atoms with Crippen molar-refractivity contribution in [3.05, 3.63) is 64.2 Å². The van der Waals surface area contributed by atoms with Crippen LogP contribution in [0.1, 0.15) is 36.5 Å². The second-order valence-electron chi connectivity index (χ2n) is 7.03. The van der Waals surface area contributed by atoms with Crippen LogP contribution in [0.25, 0.3) is 0 Å². The van der Waals surface area contributed by atoms with Crippen LogP contribution in [0.2, 0.25) is 5.02 Å². The number of benzene rings is 2. The van der Waals surface area contributed by atoms with Gasteiger partial charge in [-0.25, -0.2) is 0 Å². The predicted molar refractivity (Wildman–Crippen MR) is 108 cm³/mol. The van der Waals surface area contributed by atoms with Gasteiger partial charge in [-0.1, -0.05) is 29.8 Å². The Labute approximate surface area is 170 Å². The topological polar surface area (TPSA) is 68.2 Å². The summed E-state index contributed by atoms with van der Waals surface area (Å²) in [5, 5.41) is 20.4. The Morgan fingerprint density at radius 1 is 1.21 bits per heavy atom. The molecule has 0 saturated carbocycles. The van der Waals surface area contributed by atoms with Crippen molar-refractivity contribution in [2.45, 2.75) is 44.2 Å². The number of hydrogen-bond acceptors (Lipinski definition) is 5. The molecular weight excluding hydrogens is 380 g/mol. The van der Waals surface area contributed by atoms with Gasteiger partial charge in [0.15, 0.2) is 5.79 Å². The first-order chi connectivity index (χ1) is 13.5. The third-order valence-electron chi connectivity index (χ3n) is 5.04. The number of aliphatic hydroxyl groups excluding tert-OH is 2. The minimum Gasteiger partial charge on any atom is -0.494 e. The maximum Gasteiger partial charge on any atom is 0.197 e. The van der Waals surface area contributed by atoms with Crippen molar-refractivity contribution < 1.29 is 24.4 Å². The summed E-state index contributed by atoms with van der Waals surface area (Å²) in [4.78, 5) is 0. The van der Waals surface area contributed by atoms with Crippen LogP contribution in [0.3, 0.4) is 0 Å². The molecule has 0 amide bonds. The molecule has 3 atom stereocenters. The van der Waals surface area contributed by atoms with Gasteiger partial charge in [-0.2, -0.15) is 0 Å². The Morgan fingerprint density at radius 2 is 1.96 bits per heavy atom. The molecular formula is C22H27ClO5. The van der Waals surface area contributed by atoms with Gasteiger partial charge in [0.05, 0.1) is 25.4 Å². The Kier molecular flexibility index (Phi) is 6.96. The fraction of sp³-hybridized carbons (Fsp3) is 0.455. The molecule has 2 aromatic carbocycles. The first kappa shape index (κ1) is 21.1. The highest BCUT2D eigenvalue weighted by atomic mass is 35.5. The summed E-state index contributed by atoms with van der Waals surface area (Å²) in [7, 11) is 1.55. The van der Waals surface area contributed by atoms with E-state index in [1.165, 1.54) is 0 Å². The minimum atomic E-state index is -1.11. The zero-order valence-corrected chi connectivity index (χ0v) is 17.0. The maximum atomic E-state index is 10.3. The van der Waals surface area contributed by atoms with Gasteiger partial charge in [-0.15, -0.1) is 0 Å². The van der Waals surface area contributed by atoms with Gasteiger partial charge >= 0.3 is 0 Å². The molecule has 3 rings (SSSR count). The van der Waals surface area contributed by atoms with Crippen LogP contribution in [0.15, 0.2) is 42.5 Å². The van der Waals surface area contributed by atoms with Crippen LogP contribution in [0.5, 0.6) is 5.75 Å². The highest BCUT2D eigenvalue weighted by Gasteiger charge is 2.43. The summed E-state index contributed by atoms with van der Waals surface area (Å²) >= 11 is 6.44. The van der Waals surface area contributed by atoms with E-state index in [9.17, 15) is 10.2 Å². The van der Waals surface area contributed by atoms with E-state index >= 15 is 0 Å². The van der Waals surface area contributed by atoms with Gasteiger partial charge in [-0.05, 0) is 48.7 Å². The number of ether oxygens (including phenoxy) is 3. The summed E-state index contributed by atoms with van der Waals surface area (Å²) in [6, 6.07) is 13.5. The van der Waals surface area contributed by atoms with Crippen molar-refractivity contribution in [3.8, 4) is 5.75 Å². The lowest BCUT2D eigenvalue weighted by molar-refractivity contribution is -0.298. The number of methoxy groups -OCH3 is 1. The second kappa shape index (κ2) is 9.25.